The average Bonchev–Trinajstić information content (AvgIpc) is 2.34. The third-order valence-corrected chi connectivity index (χ3v) is 2.99. The van der Waals surface area contributed by atoms with E-state index in [1.165, 1.54) is 25.3 Å². The Labute approximate surface area is 113 Å². The maximum atomic E-state index is 11.0. The van der Waals surface area contributed by atoms with Gasteiger partial charge >= 0.3 is 5.97 Å². The van der Waals surface area contributed by atoms with Gasteiger partial charge in [-0.1, -0.05) is 50.3 Å². The number of unbranched alkanes of at least 4 members (excludes halogenated alkanes) is 4. The van der Waals surface area contributed by atoms with E-state index in [9.17, 15) is 4.79 Å². The topological polar surface area (TPSA) is 46.5 Å². The smallest absolute Gasteiger partial charge is 0.339 e. The molecular weight excluding hydrogens is 252 g/mol. The normalized spacial score (nSPS) is 10.3. The van der Waals surface area contributed by atoms with Crippen molar-refractivity contribution in [2.45, 2.75) is 39.0 Å². The van der Waals surface area contributed by atoms with Crippen molar-refractivity contribution in [3.05, 3.63) is 28.8 Å². The van der Waals surface area contributed by atoms with Gasteiger partial charge in [-0.2, -0.15) is 0 Å². The third kappa shape index (κ3) is 4.57. The van der Waals surface area contributed by atoms with E-state index >= 15 is 0 Å². The van der Waals surface area contributed by atoms with E-state index in [1.807, 2.05) is 0 Å². The Hall–Kier alpha value is -1.22. The van der Waals surface area contributed by atoms with Crippen LogP contribution in [0.3, 0.4) is 0 Å². The molecule has 0 aliphatic rings. The summed E-state index contributed by atoms with van der Waals surface area (Å²) >= 11 is 5.95. The highest BCUT2D eigenvalue weighted by atomic mass is 35.5. The standard InChI is InChI=1S/C14H19ClO3/c1-2-3-4-5-6-10-18-13-11(14(16)17)8-7-9-12(13)15/h7-9H,2-6,10H2,1H3,(H,16,17). The van der Waals surface area contributed by atoms with Crippen LogP contribution in [0, 0.1) is 0 Å². The number of aromatic carboxylic acids is 1. The van der Waals surface area contributed by atoms with Gasteiger partial charge in [-0.05, 0) is 18.6 Å². The minimum Gasteiger partial charge on any atom is -0.491 e. The zero-order valence-corrected chi connectivity index (χ0v) is 11.4. The first-order valence-electron chi connectivity index (χ1n) is 6.31. The predicted molar refractivity (Wildman–Crippen MR) is 72.7 cm³/mol. The molecule has 0 saturated heterocycles. The molecule has 1 N–H and O–H groups in total. The molecular formula is C14H19ClO3. The highest BCUT2D eigenvalue weighted by Crippen LogP contribution is 2.28. The SMILES string of the molecule is CCCCCCCOc1c(Cl)cccc1C(=O)O. The number of ether oxygens (including phenoxy) is 1. The van der Waals surface area contributed by atoms with Crippen LogP contribution in [0.1, 0.15) is 49.4 Å². The van der Waals surface area contributed by atoms with Gasteiger partial charge in [-0.15, -0.1) is 0 Å². The molecule has 18 heavy (non-hydrogen) atoms. The molecule has 0 bridgehead atoms. The minimum absolute atomic E-state index is 0.121. The molecule has 0 spiro atoms. The molecule has 0 amide bonds. The van der Waals surface area contributed by atoms with Gasteiger partial charge < -0.3 is 9.84 Å². The van der Waals surface area contributed by atoms with Gasteiger partial charge in [0.2, 0.25) is 0 Å². The summed E-state index contributed by atoms with van der Waals surface area (Å²) < 4.78 is 5.50. The number of carboxylic acid groups (broad SMARTS) is 1. The van der Waals surface area contributed by atoms with Gasteiger partial charge in [0.1, 0.15) is 5.56 Å². The maximum absolute atomic E-state index is 11.0. The average molecular weight is 271 g/mol. The van der Waals surface area contributed by atoms with Gasteiger partial charge in [-0.25, -0.2) is 4.79 Å². The Morgan fingerprint density at radius 1 is 1.28 bits per heavy atom. The maximum Gasteiger partial charge on any atom is 0.339 e. The number of hydrogen-bond acceptors (Lipinski definition) is 2. The van der Waals surface area contributed by atoms with E-state index in [4.69, 9.17) is 21.4 Å². The summed E-state index contributed by atoms with van der Waals surface area (Å²) in [6.45, 7) is 2.67. The number of halogens is 1. The number of benzene rings is 1. The monoisotopic (exact) mass is 270 g/mol. The van der Waals surface area contributed by atoms with Crippen molar-refractivity contribution in [1.29, 1.82) is 0 Å². The van der Waals surface area contributed by atoms with Crippen LogP contribution < -0.4 is 4.74 Å². The summed E-state index contributed by atoms with van der Waals surface area (Å²) in [5.74, 6) is -0.736. The fourth-order valence-corrected chi connectivity index (χ4v) is 1.93. The zero-order chi connectivity index (χ0) is 13.4. The molecule has 0 heterocycles. The van der Waals surface area contributed by atoms with Crippen LogP contribution in [0.4, 0.5) is 0 Å². The van der Waals surface area contributed by atoms with Gasteiger partial charge in [0.25, 0.3) is 0 Å². The summed E-state index contributed by atoms with van der Waals surface area (Å²) in [5.41, 5.74) is 0.121. The Kier molecular flexibility index (Phi) is 6.58. The second-order valence-electron chi connectivity index (χ2n) is 4.18. The summed E-state index contributed by atoms with van der Waals surface area (Å²) in [5, 5.41) is 9.37. The van der Waals surface area contributed by atoms with Crippen LogP contribution in [0.5, 0.6) is 5.75 Å². The van der Waals surface area contributed by atoms with Crippen molar-refractivity contribution in [3.8, 4) is 5.75 Å². The van der Waals surface area contributed by atoms with Crippen LogP contribution in [0.15, 0.2) is 18.2 Å². The Bertz CT molecular complexity index is 391. The third-order valence-electron chi connectivity index (χ3n) is 2.69. The molecule has 0 radical (unpaired) electrons. The van der Waals surface area contributed by atoms with Crippen LogP contribution in [-0.2, 0) is 0 Å². The lowest BCUT2D eigenvalue weighted by atomic mass is 10.1. The largest absolute Gasteiger partial charge is 0.491 e. The second kappa shape index (κ2) is 7.98. The first-order valence-corrected chi connectivity index (χ1v) is 6.69. The molecule has 0 aliphatic heterocycles. The highest BCUT2D eigenvalue weighted by Gasteiger charge is 2.14. The first-order chi connectivity index (χ1) is 8.66. The fraction of sp³-hybridized carbons (Fsp3) is 0.500. The number of carboxylic acids is 1. The van der Waals surface area contributed by atoms with E-state index in [0.29, 0.717) is 11.6 Å². The van der Waals surface area contributed by atoms with Crippen molar-refractivity contribution in [2.24, 2.45) is 0 Å². The summed E-state index contributed by atoms with van der Waals surface area (Å²) in [4.78, 5) is 11.0. The minimum atomic E-state index is -1.02. The molecule has 3 nitrogen and oxygen atoms in total. The molecule has 0 aromatic heterocycles. The lowest BCUT2D eigenvalue weighted by Gasteiger charge is -2.10. The summed E-state index contributed by atoms with van der Waals surface area (Å²) in [7, 11) is 0. The molecule has 0 unspecified atom stereocenters. The van der Waals surface area contributed by atoms with Gasteiger partial charge in [0.15, 0.2) is 5.75 Å². The summed E-state index contributed by atoms with van der Waals surface area (Å²) in [6.07, 6.45) is 5.64. The number of para-hydroxylation sites is 1. The number of hydrogen-bond donors (Lipinski definition) is 1. The quantitative estimate of drug-likeness (QED) is 0.713. The van der Waals surface area contributed by atoms with E-state index in [0.717, 1.165) is 12.8 Å². The fourth-order valence-electron chi connectivity index (χ4n) is 1.70. The van der Waals surface area contributed by atoms with Crippen molar-refractivity contribution in [2.75, 3.05) is 6.61 Å². The second-order valence-corrected chi connectivity index (χ2v) is 4.59. The van der Waals surface area contributed by atoms with Crippen LogP contribution in [-0.4, -0.2) is 17.7 Å². The molecule has 0 aliphatic carbocycles. The Morgan fingerprint density at radius 3 is 2.67 bits per heavy atom. The molecule has 1 aromatic rings. The molecule has 4 heteroatoms. The van der Waals surface area contributed by atoms with Crippen LogP contribution in [0.2, 0.25) is 5.02 Å². The zero-order valence-electron chi connectivity index (χ0n) is 10.6. The molecule has 1 aromatic carbocycles. The lowest BCUT2D eigenvalue weighted by molar-refractivity contribution is 0.0692. The molecule has 0 atom stereocenters. The molecule has 0 saturated carbocycles. The number of rotatable bonds is 8. The van der Waals surface area contributed by atoms with Crippen molar-refractivity contribution >= 4 is 17.6 Å². The molecule has 1 rings (SSSR count). The number of carbonyl (C=O) groups is 1. The lowest BCUT2D eigenvalue weighted by Crippen LogP contribution is -2.05. The highest BCUT2D eigenvalue weighted by molar-refractivity contribution is 6.32. The van der Waals surface area contributed by atoms with E-state index in [-0.39, 0.29) is 11.3 Å². The van der Waals surface area contributed by atoms with Gasteiger partial charge in [-0.3, -0.25) is 0 Å². The van der Waals surface area contributed by atoms with E-state index in [2.05, 4.69) is 6.92 Å². The van der Waals surface area contributed by atoms with E-state index < -0.39 is 5.97 Å². The predicted octanol–water partition coefficient (Wildman–Crippen LogP) is 4.39. The van der Waals surface area contributed by atoms with Gasteiger partial charge in [0.05, 0.1) is 11.6 Å². The van der Waals surface area contributed by atoms with E-state index in [1.54, 1.807) is 12.1 Å². The van der Waals surface area contributed by atoms with Crippen LogP contribution in [0.25, 0.3) is 0 Å². The van der Waals surface area contributed by atoms with Gasteiger partial charge in [0, 0.05) is 0 Å². The molecule has 0 fully saturated rings. The Morgan fingerprint density at radius 2 is 2.00 bits per heavy atom. The molecule has 100 valence electrons. The van der Waals surface area contributed by atoms with Crippen molar-refractivity contribution in [1.82, 2.24) is 0 Å². The van der Waals surface area contributed by atoms with Crippen molar-refractivity contribution in [3.63, 3.8) is 0 Å². The first kappa shape index (κ1) is 14.8. The van der Waals surface area contributed by atoms with Crippen LogP contribution >= 0.6 is 11.6 Å². The van der Waals surface area contributed by atoms with Crippen molar-refractivity contribution < 1.29 is 14.6 Å². The Balaban J connectivity index is 2.48. The summed E-state index contributed by atoms with van der Waals surface area (Å²) in [6, 6.07) is 4.75.